The highest BCUT2D eigenvalue weighted by molar-refractivity contribution is 5.94. The van der Waals surface area contributed by atoms with Crippen LogP contribution in [0.5, 0.6) is 0 Å². The van der Waals surface area contributed by atoms with Crippen LogP contribution in [0.15, 0.2) is 24.3 Å². The maximum Gasteiger partial charge on any atom is 0.253 e. The molecular weight excluding hydrogens is 224 g/mol. The predicted octanol–water partition coefficient (Wildman–Crippen LogP) is 3.17. The fourth-order valence-electron chi connectivity index (χ4n) is 2.02. The van der Waals surface area contributed by atoms with Crippen LogP contribution in [0.1, 0.15) is 44.0 Å². The highest BCUT2D eigenvalue weighted by Crippen LogP contribution is 2.14. The summed E-state index contributed by atoms with van der Waals surface area (Å²) >= 11 is 0. The van der Waals surface area contributed by atoms with E-state index in [2.05, 4.69) is 13.8 Å². The van der Waals surface area contributed by atoms with Gasteiger partial charge in [-0.15, -0.1) is 0 Å². The number of hydrogen-bond acceptors (Lipinski definition) is 2. The first-order valence-corrected chi connectivity index (χ1v) is 6.77. The summed E-state index contributed by atoms with van der Waals surface area (Å²) in [5.41, 5.74) is 7.04. The van der Waals surface area contributed by atoms with Gasteiger partial charge in [-0.25, -0.2) is 0 Å². The molecule has 0 bridgehead atoms. The van der Waals surface area contributed by atoms with E-state index in [1.54, 1.807) is 24.3 Å². The fourth-order valence-corrected chi connectivity index (χ4v) is 2.02. The Morgan fingerprint density at radius 2 is 1.72 bits per heavy atom. The Balaban J connectivity index is 2.75. The summed E-state index contributed by atoms with van der Waals surface area (Å²) in [6.07, 6.45) is 2.23. The first-order valence-electron chi connectivity index (χ1n) is 6.77. The average Bonchev–Trinajstić information content (AvgIpc) is 2.40. The van der Waals surface area contributed by atoms with Gasteiger partial charge < -0.3 is 10.6 Å². The number of rotatable bonds is 6. The van der Waals surface area contributed by atoms with Crippen molar-refractivity contribution in [2.24, 2.45) is 5.92 Å². The van der Waals surface area contributed by atoms with Gasteiger partial charge in [0, 0.05) is 24.3 Å². The van der Waals surface area contributed by atoms with Crippen LogP contribution >= 0.6 is 0 Å². The van der Waals surface area contributed by atoms with E-state index >= 15 is 0 Å². The van der Waals surface area contributed by atoms with E-state index in [9.17, 15) is 4.79 Å². The molecule has 0 radical (unpaired) electrons. The summed E-state index contributed by atoms with van der Waals surface area (Å²) in [5.74, 6) is 0.687. The number of anilines is 1. The highest BCUT2D eigenvalue weighted by Gasteiger charge is 2.17. The predicted molar refractivity (Wildman–Crippen MR) is 76.5 cm³/mol. The van der Waals surface area contributed by atoms with Gasteiger partial charge in [0.15, 0.2) is 0 Å². The second-order valence-electron chi connectivity index (χ2n) is 4.65. The van der Waals surface area contributed by atoms with Gasteiger partial charge in [0.25, 0.3) is 5.91 Å². The Labute approximate surface area is 110 Å². The van der Waals surface area contributed by atoms with E-state index in [-0.39, 0.29) is 5.91 Å². The average molecular weight is 248 g/mol. The van der Waals surface area contributed by atoms with Gasteiger partial charge in [-0.1, -0.05) is 26.7 Å². The van der Waals surface area contributed by atoms with Crippen molar-refractivity contribution in [2.45, 2.75) is 33.6 Å². The Morgan fingerprint density at radius 3 is 2.17 bits per heavy atom. The minimum Gasteiger partial charge on any atom is -0.399 e. The van der Waals surface area contributed by atoms with Crippen LogP contribution in [0.25, 0.3) is 0 Å². The Bertz CT molecular complexity index is 369. The molecule has 0 aliphatic rings. The smallest absolute Gasteiger partial charge is 0.253 e. The maximum atomic E-state index is 12.3. The lowest BCUT2D eigenvalue weighted by atomic mass is 10.0. The standard InChI is InChI=1S/C15H24N2O/c1-4-12(5-2)11-17(6-3)15(18)13-7-9-14(16)10-8-13/h7-10,12H,4-6,11,16H2,1-3H3. The third-order valence-corrected chi connectivity index (χ3v) is 3.46. The van der Waals surface area contributed by atoms with E-state index in [0.29, 0.717) is 11.6 Å². The zero-order valence-corrected chi connectivity index (χ0v) is 11.6. The molecule has 0 aliphatic carbocycles. The largest absolute Gasteiger partial charge is 0.399 e. The molecule has 3 heteroatoms. The molecule has 0 unspecified atom stereocenters. The van der Waals surface area contributed by atoms with Gasteiger partial charge in [-0.05, 0) is 37.1 Å². The number of nitrogens with zero attached hydrogens (tertiary/aromatic N) is 1. The molecule has 1 rings (SSSR count). The van der Waals surface area contributed by atoms with Crippen molar-refractivity contribution in [3.05, 3.63) is 29.8 Å². The normalized spacial score (nSPS) is 10.7. The number of amides is 1. The summed E-state index contributed by atoms with van der Waals surface area (Å²) in [6, 6.07) is 7.15. The van der Waals surface area contributed by atoms with E-state index in [1.807, 2.05) is 11.8 Å². The van der Waals surface area contributed by atoms with Crippen LogP contribution in [0.3, 0.4) is 0 Å². The van der Waals surface area contributed by atoms with Gasteiger partial charge in [-0.3, -0.25) is 4.79 Å². The van der Waals surface area contributed by atoms with Gasteiger partial charge in [-0.2, -0.15) is 0 Å². The molecule has 18 heavy (non-hydrogen) atoms. The molecule has 0 heterocycles. The summed E-state index contributed by atoms with van der Waals surface area (Å²) in [6.45, 7) is 7.97. The van der Waals surface area contributed by atoms with Crippen LogP contribution in [-0.4, -0.2) is 23.9 Å². The van der Waals surface area contributed by atoms with Crippen molar-refractivity contribution in [3.8, 4) is 0 Å². The molecule has 0 spiro atoms. The van der Waals surface area contributed by atoms with E-state index in [0.717, 1.165) is 31.5 Å². The second-order valence-corrected chi connectivity index (χ2v) is 4.65. The number of nitrogens with two attached hydrogens (primary N) is 1. The molecule has 3 nitrogen and oxygen atoms in total. The molecule has 1 aromatic carbocycles. The SMILES string of the molecule is CCC(CC)CN(CC)C(=O)c1ccc(N)cc1. The first-order chi connectivity index (χ1) is 8.62. The van der Waals surface area contributed by atoms with Crippen molar-refractivity contribution in [1.82, 2.24) is 4.90 Å². The quantitative estimate of drug-likeness (QED) is 0.786. The van der Waals surface area contributed by atoms with Crippen molar-refractivity contribution in [2.75, 3.05) is 18.8 Å². The van der Waals surface area contributed by atoms with E-state index in [1.165, 1.54) is 0 Å². The number of nitrogen functional groups attached to an aromatic ring is 1. The molecule has 0 aliphatic heterocycles. The summed E-state index contributed by atoms with van der Waals surface area (Å²) < 4.78 is 0. The Hall–Kier alpha value is -1.51. The molecule has 1 amide bonds. The molecule has 0 aromatic heterocycles. The van der Waals surface area contributed by atoms with Crippen LogP contribution < -0.4 is 5.73 Å². The van der Waals surface area contributed by atoms with Gasteiger partial charge >= 0.3 is 0 Å². The lowest BCUT2D eigenvalue weighted by Crippen LogP contribution is -2.35. The number of hydrogen-bond donors (Lipinski definition) is 1. The van der Waals surface area contributed by atoms with E-state index in [4.69, 9.17) is 5.73 Å². The van der Waals surface area contributed by atoms with Gasteiger partial charge in [0.05, 0.1) is 0 Å². The molecule has 0 fully saturated rings. The third-order valence-electron chi connectivity index (χ3n) is 3.46. The van der Waals surface area contributed by atoms with E-state index < -0.39 is 0 Å². The van der Waals surface area contributed by atoms with Crippen LogP contribution in [-0.2, 0) is 0 Å². The fraction of sp³-hybridized carbons (Fsp3) is 0.533. The number of carbonyl (C=O) groups excluding carboxylic acids is 1. The number of carbonyl (C=O) groups is 1. The second kappa shape index (κ2) is 7.04. The lowest BCUT2D eigenvalue weighted by molar-refractivity contribution is 0.0735. The number of benzene rings is 1. The third kappa shape index (κ3) is 3.76. The van der Waals surface area contributed by atoms with Crippen molar-refractivity contribution in [3.63, 3.8) is 0 Å². The summed E-state index contributed by atoms with van der Waals surface area (Å²) in [7, 11) is 0. The minimum atomic E-state index is 0.101. The molecule has 0 saturated heterocycles. The lowest BCUT2D eigenvalue weighted by Gasteiger charge is -2.25. The van der Waals surface area contributed by atoms with Crippen molar-refractivity contribution in [1.29, 1.82) is 0 Å². The highest BCUT2D eigenvalue weighted by atomic mass is 16.2. The van der Waals surface area contributed by atoms with Crippen LogP contribution in [0, 0.1) is 5.92 Å². The summed E-state index contributed by atoms with van der Waals surface area (Å²) in [5, 5.41) is 0. The molecule has 1 aromatic rings. The molecule has 0 saturated carbocycles. The zero-order valence-electron chi connectivity index (χ0n) is 11.6. The van der Waals surface area contributed by atoms with Crippen molar-refractivity contribution >= 4 is 11.6 Å². The molecular formula is C15H24N2O. The van der Waals surface area contributed by atoms with Gasteiger partial charge in [0.2, 0.25) is 0 Å². The first kappa shape index (κ1) is 14.6. The molecule has 2 N–H and O–H groups in total. The zero-order chi connectivity index (χ0) is 13.5. The minimum absolute atomic E-state index is 0.101. The van der Waals surface area contributed by atoms with Crippen molar-refractivity contribution < 1.29 is 4.79 Å². The van der Waals surface area contributed by atoms with Crippen LogP contribution in [0.4, 0.5) is 5.69 Å². The topological polar surface area (TPSA) is 46.3 Å². The Kier molecular flexibility index (Phi) is 5.69. The van der Waals surface area contributed by atoms with Crippen LogP contribution in [0.2, 0.25) is 0 Å². The molecule has 0 atom stereocenters. The monoisotopic (exact) mass is 248 g/mol. The summed E-state index contributed by atoms with van der Waals surface area (Å²) in [4.78, 5) is 14.3. The van der Waals surface area contributed by atoms with Gasteiger partial charge in [0.1, 0.15) is 0 Å². The Morgan fingerprint density at radius 1 is 1.17 bits per heavy atom. The maximum absolute atomic E-state index is 12.3. The molecule has 100 valence electrons.